The average molecular weight is 249 g/mol. The van der Waals surface area contributed by atoms with Crippen molar-refractivity contribution in [2.75, 3.05) is 12.3 Å². The topological polar surface area (TPSA) is 48.4 Å². The summed E-state index contributed by atoms with van der Waals surface area (Å²) in [6, 6.07) is 9.67. The van der Waals surface area contributed by atoms with E-state index in [0.29, 0.717) is 12.3 Å². The maximum atomic E-state index is 6.03. The van der Waals surface area contributed by atoms with Crippen LogP contribution in [0.1, 0.15) is 12.7 Å². The summed E-state index contributed by atoms with van der Waals surface area (Å²) in [7, 11) is 0. The highest BCUT2D eigenvalue weighted by Gasteiger charge is 2.07. The number of hydrogen-bond acceptors (Lipinski definition) is 4. The zero-order valence-corrected chi connectivity index (χ0v) is 10.5. The van der Waals surface area contributed by atoms with E-state index in [9.17, 15) is 0 Å². The smallest absolute Gasteiger partial charge is 0.143 e. The zero-order chi connectivity index (χ0) is 12.1. The van der Waals surface area contributed by atoms with Gasteiger partial charge in [-0.05, 0) is 31.2 Å². The van der Waals surface area contributed by atoms with Crippen LogP contribution in [0.2, 0.25) is 0 Å². The molecule has 3 nitrogen and oxygen atoms in total. The summed E-state index contributed by atoms with van der Waals surface area (Å²) in [5, 5.41) is 0. The molecular formula is C13H15NO2S. The molecule has 0 saturated carbocycles. The van der Waals surface area contributed by atoms with Gasteiger partial charge in [-0.1, -0.05) is 6.07 Å². The van der Waals surface area contributed by atoms with Crippen LogP contribution >= 0.6 is 11.8 Å². The first-order chi connectivity index (χ1) is 8.31. The van der Waals surface area contributed by atoms with Gasteiger partial charge in [0, 0.05) is 4.90 Å². The van der Waals surface area contributed by atoms with E-state index in [2.05, 4.69) is 0 Å². The summed E-state index contributed by atoms with van der Waals surface area (Å²) in [5.41, 5.74) is 6.73. The monoisotopic (exact) mass is 249 g/mol. The second kappa shape index (κ2) is 5.68. The van der Waals surface area contributed by atoms with Gasteiger partial charge < -0.3 is 14.9 Å². The lowest BCUT2D eigenvalue weighted by molar-refractivity contribution is 0.341. The molecule has 0 amide bonds. The molecule has 0 saturated heterocycles. The number of para-hydroxylation sites is 1. The number of hydrogen-bond donors (Lipinski definition) is 1. The lowest BCUT2D eigenvalue weighted by Gasteiger charge is -2.10. The first-order valence-electron chi connectivity index (χ1n) is 5.47. The number of furan rings is 1. The van der Waals surface area contributed by atoms with Crippen LogP contribution in [0, 0.1) is 0 Å². The maximum Gasteiger partial charge on any atom is 0.143 e. The van der Waals surface area contributed by atoms with E-state index >= 15 is 0 Å². The van der Waals surface area contributed by atoms with Gasteiger partial charge in [-0.15, -0.1) is 11.8 Å². The standard InChI is InChI=1S/C13H15NO2S/c1-2-15-11-6-3-7-12(13(11)14)17-9-10-5-4-8-16-10/h3-8H,2,9,14H2,1H3. The molecule has 2 aromatic rings. The van der Waals surface area contributed by atoms with E-state index in [0.717, 1.165) is 22.2 Å². The molecule has 2 N–H and O–H groups in total. The molecule has 0 aliphatic rings. The number of nitrogens with two attached hydrogens (primary N) is 1. The van der Waals surface area contributed by atoms with E-state index in [1.807, 2.05) is 37.3 Å². The van der Waals surface area contributed by atoms with Crippen LogP contribution in [-0.2, 0) is 5.75 Å². The third kappa shape index (κ3) is 2.97. The average Bonchev–Trinajstić information content (AvgIpc) is 2.83. The Morgan fingerprint density at radius 2 is 2.18 bits per heavy atom. The Kier molecular flexibility index (Phi) is 3.98. The van der Waals surface area contributed by atoms with Gasteiger partial charge in [-0.3, -0.25) is 0 Å². The highest BCUT2D eigenvalue weighted by molar-refractivity contribution is 7.98. The quantitative estimate of drug-likeness (QED) is 0.650. The molecule has 0 fully saturated rings. The van der Waals surface area contributed by atoms with Gasteiger partial charge in [0.15, 0.2) is 0 Å². The van der Waals surface area contributed by atoms with Crippen molar-refractivity contribution in [3.8, 4) is 5.75 Å². The Morgan fingerprint density at radius 3 is 2.88 bits per heavy atom. The number of rotatable bonds is 5. The third-order valence-electron chi connectivity index (χ3n) is 2.28. The molecule has 17 heavy (non-hydrogen) atoms. The van der Waals surface area contributed by atoms with Gasteiger partial charge in [-0.25, -0.2) is 0 Å². The molecule has 1 aromatic carbocycles. The number of benzene rings is 1. The van der Waals surface area contributed by atoms with Crippen molar-refractivity contribution in [2.45, 2.75) is 17.6 Å². The lowest BCUT2D eigenvalue weighted by atomic mass is 10.3. The first-order valence-corrected chi connectivity index (χ1v) is 6.46. The van der Waals surface area contributed by atoms with Gasteiger partial charge in [0.25, 0.3) is 0 Å². The molecule has 0 radical (unpaired) electrons. The normalized spacial score (nSPS) is 10.4. The molecule has 0 atom stereocenters. The third-order valence-corrected chi connectivity index (χ3v) is 3.37. The molecule has 0 unspecified atom stereocenters. The molecule has 4 heteroatoms. The van der Waals surface area contributed by atoms with Crippen molar-refractivity contribution in [3.63, 3.8) is 0 Å². The van der Waals surface area contributed by atoms with E-state index in [1.54, 1.807) is 18.0 Å². The number of thioether (sulfide) groups is 1. The summed E-state index contributed by atoms with van der Waals surface area (Å²) in [5.74, 6) is 2.46. The molecule has 0 aliphatic heterocycles. The molecule has 0 spiro atoms. The van der Waals surface area contributed by atoms with Crippen molar-refractivity contribution in [1.82, 2.24) is 0 Å². The molecule has 90 valence electrons. The molecule has 0 bridgehead atoms. The minimum absolute atomic E-state index is 0.622. The maximum absolute atomic E-state index is 6.03. The zero-order valence-electron chi connectivity index (χ0n) is 9.68. The second-order valence-electron chi connectivity index (χ2n) is 3.47. The van der Waals surface area contributed by atoms with Crippen LogP contribution < -0.4 is 10.5 Å². The summed E-state index contributed by atoms with van der Waals surface area (Å²) < 4.78 is 10.7. The number of anilines is 1. The second-order valence-corrected chi connectivity index (χ2v) is 4.49. The molecule has 1 heterocycles. The Balaban J connectivity index is 2.07. The van der Waals surface area contributed by atoms with Crippen molar-refractivity contribution in [1.29, 1.82) is 0 Å². The fourth-order valence-electron chi connectivity index (χ4n) is 1.47. The Morgan fingerprint density at radius 1 is 1.29 bits per heavy atom. The number of ether oxygens (including phenoxy) is 1. The summed E-state index contributed by atoms with van der Waals surface area (Å²) in [6.45, 7) is 2.57. The highest BCUT2D eigenvalue weighted by Crippen LogP contribution is 2.34. The van der Waals surface area contributed by atoms with Gasteiger partial charge >= 0.3 is 0 Å². The fraction of sp³-hybridized carbons (Fsp3) is 0.231. The largest absolute Gasteiger partial charge is 0.492 e. The van der Waals surface area contributed by atoms with Gasteiger partial charge in [0.1, 0.15) is 11.5 Å². The lowest BCUT2D eigenvalue weighted by Crippen LogP contribution is -1.98. The van der Waals surface area contributed by atoms with Crippen LogP contribution in [0.3, 0.4) is 0 Å². The summed E-state index contributed by atoms with van der Waals surface area (Å²) in [4.78, 5) is 1.02. The van der Waals surface area contributed by atoms with Crippen molar-refractivity contribution in [3.05, 3.63) is 42.4 Å². The summed E-state index contributed by atoms with van der Waals surface area (Å²) >= 11 is 1.65. The predicted octanol–water partition coefficient (Wildman–Crippen LogP) is 3.55. The van der Waals surface area contributed by atoms with E-state index in [-0.39, 0.29) is 0 Å². The molecule has 1 aromatic heterocycles. The predicted molar refractivity (Wildman–Crippen MR) is 70.3 cm³/mol. The Bertz CT molecular complexity index is 468. The van der Waals surface area contributed by atoms with Crippen molar-refractivity contribution < 1.29 is 9.15 Å². The minimum Gasteiger partial charge on any atom is -0.492 e. The van der Waals surface area contributed by atoms with Gasteiger partial charge in [0.2, 0.25) is 0 Å². The molecular weight excluding hydrogens is 234 g/mol. The molecule has 0 aliphatic carbocycles. The highest BCUT2D eigenvalue weighted by atomic mass is 32.2. The Labute approximate surface area is 105 Å². The van der Waals surface area contributed by atoms with Crippen molar-refractivity contribution in [2.24, 2.45) is 0 Å². The van der Waals surface area contributed by atoms with Crippen LogP contribution in [0.15, 0.2) is 45.9 Å². The van der Waals surface area contributed by atoms with Crippen LogP contribution in [0.25, 0.3) is 0 Å². The van der Waals surface area contributed by atoms with E-state index in [1.165, 1.54) is 0 Å². The van der Waals surface area contributed by atoms with E-state index in [4.69, 9.17) is 14.9 Å². The van der Waals surface area contributed by atoms with Crippen molar-refractivity contribution >= 4 is 17.4 Å². The fourth-order valence-corrected chi connectivity index (χ4v) is 2.37. The van der Waals surface area contributed by atoms with Crippen LogP contribution in [-0.4, -0.2) is 6.61 Å². The van der Waals surface area contributed by atoms with Gasteiger partial charge in [0.05, 0.1) is 24.3 Å². The first kappa shape index (κ1) is 11.9. The van der Waals surface area contributed by atoms with Crippen LogP contribution in [0.4, 0.5) is 5.69 Å². The van der Waals surface area contributed by atoms with Gasteiger partial charge in [-0.2, -0.15) is 0 Å². The molecule has 2 rings (SSSR count). The number of nitrogen functional groups attached to an aromatic ring is 1. The Hall–Kier alpha value is -1.55. The van der Waals surface area contributed by atoms with E-state index < -0.39 is 0 Å². The minimum atomic E-state index is 0.622. The SMILES string of the molecule is CCOc1cccc(SCc2ccco2)c1N. The van der Waals surface area contributed by atoms with Crippen LogP contribution in [0.5, 0.6) is 5.75 Å². The summed E-state index contributed by atoms with van der Waals surface area (Å²) in [6.07, 6.45) is 1.68.